The molecule has 6 aromatic rings. The number of carbonyl (C=O) groups is 2. The van der Waals surface area contributed by atoms with Gasteiger partial charge in [-0.25, -0.2) is 0 Å². The zero-order chi connectivity index (χ0) is 27.4. The molecule has 0 aliphatic heterocycles. The molecule has 0 saturated carbocycles. The van der Waals surface area contributed by atoms with Crippen molar-refractivity contribution in [2.75, 3.05) is 0 Å². The Bertz CT molecular complexity index is 1640. The van der Waals surface area contributed by atoms with Gasteiger partial charge in [-0.1, -0.05) is 121 Å². The van der Waals surface area contributed by atoms with Crippen molar-refractivity contribution in [2.45, 2.75) is 0 Å². The number of benzene rings is 4. The first-order chi connectivity index (χ1) is 19.6. The third-order valence-corrected chi connectivity index (χ3v) is 7.89. The van der Waals surface area contributed by atoms with E-state index in [-0.39, 0.29) is 11.6 Å². The summed E-state index contributed by atoms with van der Waals surface area (Å²) in [6.07, 6.45) is 0. The Morgan fingerprint density at radius 3 is 0.750 bits per heavy atom. The van der Waals surface area contributed by atoms with E-state index in [2.05, 4.69) is 0 Å². The van der Waals surface area contributed by atoms with Crippen molar-refractivity contribution in [3.05, 3.63) is 144 Å². The number of carbonyl (C=O) groups excluding carboxylic acids is 2. The minimum absolute atomic E-state index is 0.127. The number of hydrogen-bond acceptors (Lipinski definition) is 2. The van der Waals surface area contributed by atoms with Crippen LogP contribution in [0.15, 0.2) is 121 Å². The van der Waals surface area contributed by atoms with Crippen LogP contribution in [0.1, 0.15) is 31.8 Å². The predicted molar refractivity (Wildman–Crippen MR) is 159 cm³/mol. The molecular formula is C36H26N2O2. The lowest BCUT2D eigenvalue weighted by Crippen LogP contribution is -2.20. The molecule has 2 heterocycles. The first-order valence-electron chi connectivity index (χ1n) is 13.3. The highest BCUT2D eigenvalue weighted by Crippen LogP contribution is 2.47. The van der Waals surface area contributed by atoms with E-state index in [9.17, 15) is 9.59 Å². The highest BCUT2D eigenvalue weighted by molar-refractivity contribution is 6.35. The van der Waals surface area contributed by atoms with Gasteiger partial charge in [0.2, 0.25) is 0 Å². The summed E-state index contributed by atoms with van der Waals surface area (Å²) in [7, 11) is 3.90. The van der Waals surface area contributed by atoms with E-state index in [4.69, 9.17) is 0 Å². The minimum atomic E-state index is -0.127. The van der Waals surface area contributed by atoms with Gasteiger partial charge in [-0.2, -0.15) is 0 Å². The first kappa shape index (κ1) is 23.9. The maximum atomic E-state index is 14.9. The standard InChI is InChI=1S/C36H26N2O2/c1-37-31(23-15-7-3-8-16-23)27-28(32(37)24-17-9-4-10-18-24)36(40)30-29(35(27)39)33(25-19-11-5-12-20-25)38(2)34(30)26-21-13-6-14-22-26/h3-22H,1-2H3. The maximum absolute atomic E-state index is 14.9. The molecule has 1 aliphatic carbocycles. The molecule has 40 heavy (non-hydrogen) atoms. The molecule has 0 fully saturated rings. The maximum Gasteiger partial charge on any atom is 0.198 e. The van der Waals surface area contributed by atoms with Gasteiger partial charge in [0.05, 0.1) is 45.0 Å². The molecule has 192 valence electrons. The molecule has 0 N–H and O–H groups in total. The Morgan fingerprint density at radius 2 is 0.550 bits per heavy atom. The van der Waals surface area contributed by atoms with Gasteiger partial charge in [0.15, 0.2) is 11.6 Å². The van der Waals surface area contributed by atoms with Crippen molar-refractivity contribution >= 4 is 11.6 Å². The van der Waals surface area contributed by atoms with Crippen molar-refractivity contribution in [2.24, 2.45) is 14.1 Å². The Hall–Kier alpha value is -5.22. The summed E-state index contributed by atoms with van der Waals surface area (Å²) in [6.45, 7) is 0. The lowest BCUT2D eigenvalue weighted by atomic mass is 9.81. The van der Waals surface area contributed by atoms with Gasteiger partial charge in [0.25, 0.3) is 0 Å². The van der Waals surface area contributed by atoms with E-state index in [0.29, 0.717) is 22.3 Å². The number of rotatable bonds is 4. The molecule has 0 bridgehead atoms. The van der Waals surface area contributed by atoms with Crippen LogP contribution in [0.2, 0.25) is 0 Å². The fourth-order valence-corrected chi connectivity index (χ4v) is 6.24. The van der Waals surface area contributed by atoms with Gasteiger partial charge < -0.3 is 9.13 Å². The molecule has 4 nitrogen and oxygen atoms in total. The molecule has 2 aromatic heterocycles. The molecule has 4 heteroatoms. The van der Waals surface area contributed by atoms with Crippen LogP contribution < -0.4 is 0 Å². The van der Waals surface area contributed by atoms with E-state index in [1.165, 1.54) is 0 Å². The molecule has 7 rings (SSSR count). The zero-order valence-electron chi connectivity index (χ0n) is 22.3. The average Bonchev–Trinajstić information content (AvgIpc) is 3.49. The first-order valence-corrected chi connectivity index (χ1v) is 13.3. The summed E-state index contributed by atoms with van der Waals surface area (Å²) in [5.74, 6) is -0.254. The third-order valence-electron chi connectivity index (χ3n) is 7.89. The molecule has 0 atom stereocenters. The van der Waals surface area contributed by atoms with Crippen LogP contribution in [-0.4, -0.2) is 20.7 Å². The second kappa shape index (κ2) is 9.21. The predicted octanol–water partition coefficient (Wildman–Crippen LogP) is 7.81. The highest BCUT2D eigenvalue weighted by atomic mass is 16.1. The third kappa shape index (κ3) is 3.39. The molecule has 0 unspecified atom stereocenters. The average molecular weight is 519 g/mol. The molecule has 4 aromatic carbocycles. The number of nitrogens with zero attached hydrogens (tertiary/aromatic N) is 2. The van der Waals surface area contributed by atoms with Gasteiger partial charge in [-0.3, -0.25) is 9.59 Å². The van der Waals surface area contributed by atoms with Crippen LogP contribution in [0.5, 0.6) is 0 Å². The summed E-state index contributed by atoms with van der Waals surface area (Å²) in [5.41, 5.74) is 8.46. The summed E-state index contributed by atoms with van der Waals surface area (Å²) in [5, 5.41) is 0. The molecule has 1 aliphatic rings. The monoisotopic (exact) mass is 518 g/mol. The van der Waals surface area contributed by atoms with Gasteiger partial charge >= 0.3 is 0 Å². The normalized spacial score (nSPS) is 12.3. The van der Waals surface area contributed by atoms with Crippen molar-refractivity contribution in [3.8, 4) is 45.0 Å². The van der Waals surface area contributed by atoms with E-state index >= 15 is 0 Å². The van der Waals surface area contributed by atoms with Gasteiger partial charge in [0.1, 0.15) is 0 Å². The Morgan fingerprint density at radius 1 is 0.350 bits per heavy atom. The molecular weight excluding hydrogens is 492 g/mol. The van der Waals surface area contributed by atoms with Gasteiger partial charge in [-0.05, 0) is 22.3 Å². The summed E-state index contributed by atoms with van der Waals surface area (Å²) < 4.78 is 4.03. The second-order valence-electron chi connectivity index (χ2n) is 10.1. The van der Waals surface area contributed by atoms with E-state index in [0.717, 1.165) is 45.0 Å². The van der Waals surface area contributed by atoms with Crippen molar-refractivity contribution < 1.29 is 9.59 Å². The Balaban J connectivity index is 1.62. The quantitative estimate of drug-likeness (QED) is 0.239. The number of fused-ring (bicyclic) bond motifs is 2. The van der Waals surface area contributed by atoms with Gasteiger partial charge in [-0.15, -0.1) is 0 Å². The number of hydrogen-bond donors (Lipinski definition) is 0. The molecule has 0 spiro atoms. The summed E-state index contributed by atoms with van der Waals surface area (Å²) in [4.78, 5) is 29.7. The fraction of sp³-hybridized carbons (Fsp3) is 0.0556. The van der Waals surface area contributed by atoms with E-state index < -0.39 is 0 Å². The van der Waals surface area contributed by atoms with Crippen molar-refractivity contribution in [1.82, 2.24) is 9.13 Å². The molecule has 0 saturated heterocycles. The largest absolute Gasteiger partial charge is 0.342 e. The number of aromatic nitrogens is 2. The Labute approximate surface area is 232 Å². The van der Waals surface area contributed by atoms with Crippen molar-refractivity contribution in [1.29, 1.82) is 0 Å². The zero-order valence-corrected chi connectivity index (χ0v) is 22.3. The fourth-order valence-electron chi connectivity index (χ4n) is 6.24. The summed E-state index contributed by atoms with van der Waals surface area (Å²) in [6, 6.07) is 39.5. The SMILES string of the molecule is Cn1c(-c2ccccc2)c2c(c1-c1ccccc1)C(=O)c1c(c(-c3ccccc3)n(C)c1-c1ccccc1)C2=O. The summed E-state index contributed by atoms with van der Waals surface area (Å²) >= 11 is 0. The number of ketones is 2. The van der Waals surface area contributed by atoms with Crippen LogP contribution in [0.25, 0.3) is 45.0 Å². The van der Waals surface area contributed by atoms with E-state index in [1.807, 2.05) is 145 Å². The smallest absolute Gasteiger partial charge is 0.198 e. The van der Waals surface area contributed by atoms with Crippen molar-refractivity contribution in [3.63, 3.8) is 0 Å². The van der Waals surface area contributed by atoms with Crippen LogP contribution in [0.4, 0.5) is 0 Å². The van der Waals surface area contributed by atoms with Crippen LogP contribution in [-0.2, 0) is 14.1 Å². The van der Waals surface area contributed by atoms with Gasteiger partial charge in [0, 0.05) is 14.1 Å². The van der Waals surface area contributed by atoms with Crippen LogP contribution in [0, 0.1) is 0 Å². The lowest BCUT2D eigenvalue weighted by Gasteiger charge is -2.16. The highest BCUT2D eigenvalue weighted by Gasteiger charge is 2.43. The van der Waals surface area contributed by atoms with Crippen LogP contribution in [0.3, 0.4) is 0 Å². The lowest BCUT2D eigenvalue weighted by molar-refractivity contribution is 0.0982. The molecule has 0 radical (unpaired) electrons. The second-order valence-corrected chi connectivity index (χ2v) is 10.1. The topological polar surface area (TPSA) is 44.0 Å². The minimum Gasteiger partial charge on any atom is -0.342 e. The molecule has 0 amide bonds. The van der Waals surface area contributed by atoms with Crippen LogP contribution >= 0.6 is 0 Å². The Kier molecular flexibility index (Phi) is 5.49. The van der Waals surface area contributed by atoms with E-state index in [1.54, 1.807) is 0 Å².